The highest BCUT2D eigenvalue weighted by molar-refractivity contribution is 6.12. The van der Waals surface area contributed by atoms with E-state index in [1.165, 1.54) is 5.56 Å². The molecule has 0 unspecified atom stereocenters. The summed E-state index contributed by atoms with van der Waals surface area (Å²) in [6.45, 7) is 2.81. The molecule has 0 aliphatic carbocycles. The summed E-state index contributed by atoms with van der Waals surface area (Å²) in [6, 6.07) is 15.9. The van der Waals surface area contributed by atoms with E-state index >= 15 is 0 Å². The van der Waals surface area contributed by atoms with Gasteiger partial charge in [-0.25, -0.2) is 0 Å². The first-order chi connectivity index (χ1) is 14.5. The molecular weight excluding hydrogens is 376 g/mol. The summed E-state index contributed by atoms with van der Waals surface area (Å²) < 4.78 is 1.97. The number of nitrogens with zero attached hydrogens (tertiary/aromatic N) is 2. The maximum absolute atomic E-state index is 12.8. The topological polar surface area (TPSA) is 80.4 Å². The molecule has 1 aliphatic heterocycles. The zero-order valence-electron chi connectivity index (χ0n) is 17.3. The largest absolute Gasteiger partial charge is 0.369 e. The van der Waals surface area contributed by atoms with Gasteiger partial charge in [0.25, 0.3) is 5.91 Å². The van der Waals surface area contributed by atoms with Gasteiger partial charge in [-0.3, -0.25) is 9.59 Å². The van der Waals surface area contributed by atoms with Crippen molar-refractivity contribution in [3.63, 3.8) is 0 Å². The summed E-state index contributed by atoms with van der Waals surface area (Å²) in [6.07, 6.45) is 4.53. The fourth-order valence-electron chi connectivity index (χ4n) is 4.20. The molecule has 3 aromatic rings. The molecule has 30 heavy (non-hydrogen) atoms. The number of primary amides is 1. The maximum atomic E-state index is 12.8. The number of para-hydroxylation sites is 1. The van der Waals surface area contributed by atoms with Gasteiger partial charge in [0.1, 0.15) is 0 Å². The minimum Gasteiger partial charge on any atom is -0.369 e. The van der Waals surface area contributed by atoms with Crippen LogP contribution in [0.2, 0.25) is 0 Å². The molecule has 0 bridgehead atoms. The molecule has 4 rings (SSSR count). The first kappa shape index (κ1) is 20.2. The first-order valence-electron chi connectivity index (χ1n) is 10.5. The van der Waals surface area contributed by atoms with Crippen LogP contribution in [0.25, 0.3) is 10.9 Å². The van der Waals surface area contributed by atoms with Gasteiger partial charge in [-0.2, -0.15) is 0 Å². The highest BCUT2D eigenvalue weighted by Gasteiger charge is 2.22. The minimum absolute atomic E-state index is 0.0332. The SMILES string of the molecule is Cn1cc(C(=O)Nc2ccc(CCN3CCC(C(N)=O)CC3)cc2)c2ccccc21. The van der Waals surface area contributed by atoms with Gasteiger partial charge in [0.15, 0.2) is 0 Å². The van der Waals surface area contributed by atoms with Crippen LogP contribution in [-0.2, 0) is 18.3 Å². The van der Waals surface area contributed by atoms with E-state index < -0.39 is 0 Å². The Labute approximate surface area is 176 Å². The van der Waals surface area contributed by atoms with Crippen molar-refractivity contribution >= 4 is 28.4 Å². The zero-order chi connectivity index (χ0) is 21.1. The minimum atomic E-state index is -0.171. The number of likely N-dealkylation sites (tertiary alicyclic amines) is 1. The molecule has 3 N–H and O–H groups in total. The van der Waals surface area contributed by atoms with Crippen molar-refractivity contribution in [2.45, 2.75) is 19.3 Å². The van der Waals surface area contributed by atoms with E-state index in [2.05, 4.69) is 22.3 Å². The summed E-state index contributed by atoms with van der Waals surface area (Å²) in [5, 5.41) is 3.96. The molecular formula is C24H28N4O2. The van der Waals surface area contributed by atoms with E-state index in [4.69, 9.17) is 5.73 Å². The van der Waals surface area contributed by atoms with Crippen LogP contribution in [0.5, 0.6) is 0 Å². The molecule has 156 valence electrons. The van der Waals surface area contributed by atoms with Crippen molar-refractivity contribution in [1.82, 2.24) is 9.47 Å². The molecule has 6 nitrogen and oxygen atoms in total. The molecule has 1 fully saturated rings. The lowest BCUT2D eigenvalue weighted by molar-refractivity contribution is -0.123. The van der Waals surface area contributed by atoms with Crippen LogP contribution in [0.15, 0.2) is 54.7 Å². The Bertz CT molecular complexity index is 1050. The third-order valence-corrected chi connectivity index (χ3v) is 6.06. The van der Waals surface area contributed by atoms with Gasteiger partial charge >= 0.3 is 0 Å². The second kappa shape index (κ2) is 8.71. The summed E-state index contributed by atoms with van der Waals surface area (Å²) in [7, 11) is 1.95. The Kier molecular flexibility index (Phi) is 5.86. The number of anilines is 1. The third kappa shape index (κ3) is 4.39. The number of fused-ring (bicyclic) bond motifs is 1. The predicted molar refractivity (Wildman–Crippen MR) is 119 cm³/mol. The van der Waals surface area contributed by atoms with Crippen LogP contribution in [0.4, 0.5) is 5.69 Å². The Morgan fingerprint density at radius 1 is 1.07 bits per heavy atom. The second-order valence-electron chi connectivity index (χ2n) is 8.09. The second-order valence-corrected chi connectivity index (χ2v) is 8.09. The normalized spacial score (nSPS) is 15.4. The van der Waals surface area contributed by atoms with Crippen LogP contribution in [0, 0.1) is 5.92 Å². The number of aromatic nitrogens is 1. The van der Waals surface area contributed by atoms with Gasteiger partial charge in [0, 0.05) is 42.3 Å². The molecule has 2 amide bonds. The molecule has 1 saturated heterocycles. The van der Waals surface area contributed by atoms with Crippen LogP contribution >= 0.6 is 0 Å². The Hall–Kier alpha value is -3.12. The maximum Gasteiger partial charge on any atom is 0.257 e. The van der Waals surface area contributed by atoms with Crippen molar-refractivity contribution in [1.29, 1.82) is 0 Å². The lowest BCUT2D eigenvalue weighted by Crippen LogP contribution is -2.39. The monoisotopic (exact) mass is 404 g/mol. The summed E-state index contributed by atoms with van der Waals surface area (Å²) >= 11 is 0. The van der Waals surface area contributed by atoms with Crippen molar-refractivity contribution in [3.8, 4) is 0 Å². The third-order valence-electron chi connectivity index (χ3n) is 6.06. The predicted octanol–water partition coefficient (Wildman–Crippen LogP) is 3.17. The van der Waals surface area contributed by atoms with Gasteiger partial charge < -0.3 is 20.5 Å². The van der Waals surface area contributed by atoms with Crippen LogP contribution < -0.4 is 11.1 Å². The quantitative estimate of drug-likeness (QED) is 0.662. The summed E-state index contributed by atoms with van der Waals surface area (Å²) in [4.78, 5) is 26.4. The molecule has 0 saturated carbocycles. The van der Waals surface area contributed by atoms with Crippen molar-refractivity contribution in [2.75, 3.05) is 25.0 Å². The highest BCUT2D eigenvalue weighted by atomic mass is 16.2. The van der Waals surface area contributed by atoms with Gasteiger partial charge in [0.05, 0.1) is 5.56 Å². The molecule has 0 spiro atoms. The zero-order valence-corrected chi connectivity index (χ0v) is 17.3. The van der Waals surface area contributed by atoms with Crippen LogP contribution in [-0.4, -0.2) is 40.9 Å². The molecule has 0 radical (unpaired) electrons. The van der Waals surface area contributed by atoms with Crippen molar-refractivity contribution in [2.24, 2.45) is 18.7 Å². The summed E-state index contributed by atoms with van der Waals surface area (Å²) in [5.74, 6) is -0.237. The lowest BCUT2D eigenvalue weighted by Gasteiger charge is -2.30. The molecule has 6 heteroatoms. The number of hydrogen-bond acceptors (Lipinski definition) is 3. The number of piperidine rings is 1. The Morgan fingerprint density at radius 2 is 1.77 bits per heavy atom. The molecule has 2 aromatic carbocycles. The molecule has 1 aromatic heterocycles. The number of carbonyl (C=O) groups excluding carboxylic acids is 2. The first-order valence-corrected chi connectivity index (χ1v) is 10.5. The van der Waals surface area contributed by atoms with Gasteiger partial charge in [-0.05, 0) is 56.1 Å². The number of rotatable bonds is 6. The van der Waals surface area contributed by atoms with Crippen LogP contribution in [0.1, 0.15) is 28.8 Å². The average Bonchev–Trinajstić information content (AvgIpc) is 3.10. The number of amides is 2. The fraction of sp³-hybridized carbons (Fsp3) is 0.333. The van der Waals surface area contributed by atoms with E-state index in [0.29, 0.717) is 5.56 Å². The number of nitrogens with two attached hydrogens (primary N) is 1. The number of nitrogens with one attached hydrogen (secondary N) is 1. The van der Waals surface area contributed by atoms with Gasteiger partial charge in [-0.15, -0.1) is 0 Å². The number of benzene rings is 2. The average molecular weight is 405 g/mol. The Balaban J connectivity index is 1.32. The fourth-order valence-corrected chi connectivity index (χ4v) is 4.20. The van der Waals surface area contributed by atoms with E-state index in [-0.39, 0.29) is 17.7 Å². The lowest BCUT2D eigenvalue weighted by atomic mass is 9.96. The number of hydrogen-bond donors (Lipinski definition) is 2. The standard InChI is InChI=1S/C24H28N4O2/c1-27-16-21(20-4-2-3-5-22(20)27)24(30)26-19-8-6-17(7-9-19)10-13-28-14-11-18(12-15-28)23(25)29/h2-9,16,18H,10-15H2,1H3,(H2,25,29)(H,26,30). The molecule has 1 aliphatic rings. The summed E-state index contributed by atoms with van der Waals surface area (Å²) in [5.41, 5.74) is 9.14. The molecule has 0 atom stereocenters. The smallest absolute Gasteiger partial charge is 0.257 e. The highest BCUT2D eigenvalue weighted by Crippen LogP contribution is 2.22. The van der Waals surface area contributed by atoms with E-state index in [1.807, 2.05) is 54.2 Å². The number of aryl methyl sites for hydroxylation is 1. The van der Waals surface area contributed by atoms with Crippen LogP contribution in [0.3, 0.4) is 0 Å². The van der Waals surface area contributed by atoms with E-state index in [0.717, 1.165) is 55.5 Å². The number of carbonyl (C=O) groups is 2. The molecule has 2 heterocycles. The van der Waals surface area contributed by atoms with E-state index in [1.54, 1.807) is 0 Å². The Morgan fingerprint density at radius 3 is 2.47 bits per heavy atom. The van der Waals surface area contributed by atoms with Crippen molar-refractivity contribution < 1.29 is 9.59 Å². The van der Waals surface area contributed by atoms with Crippen molar-refractivity contribution in [3.05, 3.63) is 65.9 Å². The van der Waals surface area contributed by atoms with Gasteiger partial charge in [-0.1, -0.05) is 30.3 Å². The van der Waals surface area contributed by atoms with Gasteiger partial charge in [0.2, 0.25) is 5.91 Å². The van der Waals surface area contributed by atoms with E-state index in [9.17, 15) is 9.59 Å².